The van der Waals surface area contributed by atoms with E-state index in [1.165, 1.54) is 25.7 Å². The van der Waals surface area contributed by atoms with Gasteiger partial charge in [-0.05, 0) is 55.2 Å². The Kier molecular flexibility index (Phi) is 3.79. The SMILES string of the molecule is COc1cc(C2CNC(=O)NC2)ccc1OC1CC2CCC1C2. The number of carbonyl (C=O) groups excluding carboxylic acids is 1. The fourth-order valence-corrected chi connectivity index (χ4v) is 4.33. The minimum absolute atomic E-state index is 0.0931. The molecule has 3 aliphatic rings. The molecule has 1 heterocycles. The summed E-state index contributed by atoms with van der Waals surface area (Å²) < 4.78 is 11.8. The lowest BCUT2D eigenvalue weighted by Crippen LogP contribution is -2.47. The molecule has 3 fully saturated rings. The van der Waals surface area contributed by atoms with E-state index >= 15 is 0 Å². The first kappa shape index (κ1) is 14.7. The highest BCUT2D eigenvalue weighted by molar-refractivity contribution is 5.75. The number of hydrogen-bond donors (Lipinski definition) is 2. The van der Waals surface area contributed by atoms with Crippen LogP contribution < -0.4 is 20.1 Å². The third kappa shape index (κ3) is 2.84. The topological polar surface area (TPSA) is 59.6 Å². The molecule has 1 aromatic carbocycles. The monoisotopic (exact) mass is 316 g/mol. The van der Waals surface area contributed by atoms with Gasteiger partial charge in [-0.3, -0.25) is 0 Å². The van der Waals surface area contributed by atoms with Crippen LogP contribution in [-0.4, -0.2) is 32.3 Å². The van der Waals surface area contributed by atoms with Gasteiger partial charge in [-0.25, -0.2) is 4.79 Å². The smallest absolute Gasteiger partial charge is 0.314 e. The summed E-state index contributed by atoms with van der Waals surface area (Å²) in [5, 5.41) is 5.68. The number of urea groups is 1. The summed E-state index contributed by atoms with van der Waals surface area (Å²) >= 11 is 0. The largest absolute Gasteiger partial charge is 0.493 e. The lowest BCUT2D eigenvalue weighted by molar-refractivity contribution is 0.133. The summed E-state index contributed by atoms with van der Waals surface area (Å²) in [6.07, 6.45) is 5.56. The first-order valence-electron chi connectivity index (χ1n) is 8.59. The number of nitrogens with one attached hydrogen (secondary N) is 2. The van der Waals surface area contributed by atoms with Gasteiger partial charge in [0.2, 0.25) is 0 Å². The van der Waals surface area contributed by atoms with Gasteiger partial charge in [0, 0.05) is 19.0 Å². The summed E-state index contributed by atoms with van der Waals surface area (Å²) in [5.41, 5.74) is 1.16. The molecule has 1 saturated heterocycles. The van der Waals surface area contributed by atoms with E-state index in [1.807, 2.05) is 12.1 Å². The van der Waals surface area contributed by atoms with Crippen LogP contribution in [-0.2, 0) is 0 Å². The minimum atomic E-state index is -0.0931. The molecule has 2 saturated carbocycles. The van der Waals surface area contributed by atoms with E-state index in [1.54, 1.807) is 7.11 Å². The number of ether oxygens (including phenoxy) is 2. The van der Waals surface area contributed by atoms with Crippen molar-refractivity contribution in [1.82, 2.24) is 10.6 Å². The predicted octanol–water partition coefficient (Wildman–Crippen LogP) is 2.66. The standard InChI is InChI=1S/C18H24N2O3/c1-22-17-8-12(14-9-19-18(21)20-10-14)4-5-15(17)23-16-7-11-2-3-13(16)6-11/h4-5,8,11,13-14,16H,2-3,6-7,9-10H2,1H3,(H2,19,20,21). The second kappa shape index (κ2) is 5.95. The van der Waals surface area contributed by atoms with Crippen LogP contribution in [0.25, 0.3) is 0 Å². The number of benzene rings is 1. The van der Waals surface area contributed by atoms with Crippen LogP contribution in [0.15, 0.2) is 18.2 Å². The van der Waals surface area contributed by atoms with Crippen molar-refractivity contribution in [2.24, 2.45) is 11.8 Å². The zero-order valence-corrected chi connectivity index (χ0v) is 13.5. The van der Waals surface area contributed by atoms with Crippen molar-refractivity contribution in [1.29, 1.82) is 0 Å². The quantitative estimate of drug-likeness (QED) is 0.898. The number of methoxy groups -OCH3 is 1. The van der Waals surface area contributed by atoms with E-state index in [-0.39, 0.29) is 11.9 Å². The molecule has 2 N–H and O–H groups in total. The molecule has 5 heteroatoms. The summed E-state index contributed by atoms with van der Waals surface area (Å²) in [4.78, 5) is 11.2. The molecule has 3 atom stereocenters. The van der Waals surface area contributed by atoms with Crippen LogP contribution in [0.4, 0.5) is 4.79 Å². The minimum Gasteiger partial charge on any atom is -0.493 e. The van der Waals surface area contributed by atoms with E-state index in [2.05, 4.69) is 16.7 Å². The van der Waals surface area contributed by atoms with Crippen LogP contribution in [0.2, 0.25) is 0 Å². The van der Waals surface area contributed by atoms with E-state index in [4.69, 9.17) is 9.47 Å². The zero-order valence-electron chi connectivity index (χ0n) is 13.5. The van der Waals surface area contributed by atoms with Gasteiger partial charge in [0.1, 0.15) is 6.10 Å². The molecule has 3 unspecified atom stereocenters. The highest BCUT2D eigenvalue weighted by Crippen LogP contribution is 2.47. The van der Waals surface area contributed by atoms with E-state index in [0.29, 0.717) is 19.2 Å². The molecule has 1 aliphatic heterocycles. The molecular weight excluding hydrogens is 292 g/mol. The maximum Gasteiger partial charge on any atom is 0.314 e. The Labute approximate surface area is 136 Å². The highest BCUT2D eigenvalue weighted by Gasteiger charge is 2.41. The summed E-state index contributed by atoms with van der Waals surface area (Å²) in [5.74, 6) is 3.50. The van der Waals surface area contributed by atoms with Crippen LogP contribution >= 0.6 is 0 Å². The summed E-state index contributed by atoms with van der Waals surface area (Å²) in [6, 6.07) is 6.07. The summed E-state index contributed by atoms with van der Waals surface area (Å²) in [7, 11) is 1.69. The first-order chi connectivity index (χ1) is 11.2. The Morgan fingerprint density at radius 1 is 1.09 bits per heavy atom. The van der Waals surface area contributed by atoms with Gasteiger partial charge in [0.15, 0.2) is 11.5 Å². The van der Waals surface area contributed by atoms with Gasteiger partial charge < -0.3 is 20.1 Å². The van der Waals surface area contributed by atoms with Crippen molar-refractivity contribution in [2.45, 2.75) is 37.7 Å². The molecule has 23 heavy (non-hydrogen) atoms. The lowest BCUT2D eigenvalue weighted by Gasteiger charge is -2.26. The Hall–Kier alpha value is -1.91. The van der Waals surface area contributed by atoms with Crippen molar-refractivity contribution in [3.8, 4) is 11.5 Å². The van der Waals surface area contributed by atoms with Crippen LogP contribution in [0, 0.1) is 11.8 Å². The Morgan fingerprint density at radius 3 is 2.57 bits per heavy atom. The van der Waals surface area contributed by atoms with E-state index < -0.39 is 0 Å². The maximum atomic E-state index is 11.2. The van der Waals surface area contributed by atoms with Crippen LogP contribution in [0.3, 0.4) is 0 Å². The van der Waals surface area contributed by atoms with Gasteiger partial charge in [-0.2, -0.15) is 0 Å². The Balaban J connectivity index is 1.48. The fourth-order valence-electron chi connectivity index (χ4n) is 4.33. The predicted molar refractivity (Wildman–Crippen MR) is 87.0 cm³/mol. The van der Waals surface area contributed by atoms with E-state index in [9.17, 15) is 4.79 Å². The van der Waals surface area contributed by atoms with Crippen LogP contribution in [0.1, 0.15) is 37.2 Å². The van der Waals surface area contributed by atoms with Gasteiger partial charge in [-0.15, -0.1) is 0 Å². The highest BCUT2D eigenvalue weighted by atomic mass is 16.5. The van der Waals surface area contributed by atoms with Crippen molar-refractivity contribution in [3.63, 3.8) is 0 Å². The molecule has 0 aromatic heterocycles. The molecule has 2 bridgehead atoms. The normalized spacial score (nSPS) is 30.0. The molecule has 1 aromatic rings. The van der Waals surface area contributed by atoms with Gasteiger partial charge in [-0.1, -0.05) is 6.07 Å². The molecule has 0 radical (unpaired) electrons. The average molecular weight is 316 g/mol. The number of amides is 2. The molecule has 2 aliphatic carbocycles. The number of fused-ring (bicyclic) bond motifs is 2. The average Bonchev–Trinajstić information content (AvgIpc) is 3.19. The second-order valence-electron chi connectivity index (χ2n) is 7.03. The molecule has 5 nitrogen and oxygen atoms in total. The number of carbonyl (C=O) groups is 1. The molecule has 124 valence electrons. The molecule has 4 rings (SSSR count). The van der Waals surface area contributed by atoms with Crippen molar-refractivity contribution in [3.05, 3.63) is 23.8 Å². The zero-order chi connectivity index (χ0) is 15.8. The molecule has 2 amide bonds. The third-order valence-corrected chi connectivity index (χ3v) is 5.63. The lowest BCUT2D eigenvalue weighted by atomic mass is 9.96. The summed E-state index contributed by atoms with van der Waals surface area (Å²) in [6.45, 7) is 1.31. The van der Waals surface area contributed by atoms with Gasteiger partial charge in [0.25, 0.3) is 0 Å². The van der Waals surface area contributed by atoms with Crippen LogP contribution in [0.5, 0.6) is 11.5 Å². The second-order valence-corrected chi connectivity index (χ2v) is 7.03. The molecule has 0 spiro atoms. The van der Waals surface area contributed by atoms with Crippen molar-refractivity contribution >= 4 is 6.03 Å². The van der Waals surface area contributed by atoms with Gasteiger partial charge in [0.05, 0.1) is 7.11 Å². The Bertz CT molecular complexity index is 594. The maximum absolute atomic E-state index is 11.2. The number of hydrogen-bond acceptors (Lipinski definition) is 3. The van der Waals surface area contributed by atoms with Crippen molar-refractivity contribution < 1.29 is 14.3 Å². The fraction of sp³-hybridized carbons (Fsp3) is 0.611. The van der Waals surface area contributed by atoms with E-state index in [0.717, 1.165) is 28.9 Å². The first-order valence-corrected chi connectivity index (χ1v) is 8.59. The van der Waals surface area contributed by atoms with Crippen molar-refractivity contribution in [2.75, 3.05) is 20.2 Å². The van der Waals surface area contributed by atoms with Gasteiger partial charge >= 0.3 is 6.03 Å². The third-order valence-electron chi connectivity index (χ3n) is 5.63. The number of rotatable bonds is 4. The molecular formula is C18H24N2O3. The Morgan fingerprint density at radius 2 is 1.91 bits per heavy atom.